The lowest BCUT2D eigenvalue weighted by molar-refractivity contribution is -0.146. The molecule has 1 saturated heterocycles. The largest absolute Gasteiger partial charge is 0.497 e. The lowest BCUT2D eigenvalue weighted by atomic mass is 9.82. The van der Waals surface area contributed by atoms with Crippen molar-refractivity contribution in [3.63, 3.8) is 0 Å². The fraction of sp³-hybridized carbons (Fsp3) is 0.300. The predicted octanol–water partition coefficient (Wildman–Crippen LogP) is 6.06. The van der Waals surface area contributed by atoms with Crippen LogP contribution in [0.1, 0.15) is 52.2 Å². The maximum Gasteiger partial charge on any atom is 0.264 e. The minimum absolute atomic E-state index is 0.155. The van der Waals surface area contributed by atoms with Crippen LogP contribution < -0.4 is 15.0 Å². The molecule has 0 aliphatic carbocycles. The van der Waals surface area contributed by atoms with E-state index in [9.17, 15) is 19.5 Å². The molecule has 0 radical (unpaired) electrons. The van der Waals surface area contributed by atoms with Crippen LogP contribution in [0.5, 0.6) is 5.75 Å². The molecule has 2 aliphatic rings. The highest BCUT2D eigenvalue weighted by Gasteiger charge is 2.66. The van der Waals surface area contributed by atoms with E-state index in [1.54, 1.807) is 47.2 Å². The molecule has 5 atom stereocenters. The molecule has 11 nitrogen and oxygen atoms in total. The second-order valence-corrected chi connectivity index (χ2v) is 18.1. The van der Waals surface area contributed by atoms with Crippen LogP contribution in [-0.2, 0) is 28.2 Å². The Morgan fingerprint density at radius 3 is 2.38 bits per heavy atom. The molecule has 0 unspecified atom stereocenters. The summed E-state index contributed by atoms with van der Waals surface area (Å²) in [6.45, 7) is 6.58. The molecule has 3 heterocycles. The number of aliphatic hydroxyl groups excluding tert-OH is 1. The fourth-order valence-corrected chi connectivity index (χ4v) is 10.5. The van der Waals surface area contributed by atoms with Gasteiger partial charge in [0.1, 0.15) is 17.5 Å². The van der Waals surface area contributed by atoms with Crippen molar-refractivity contribution in [1.82, 2.24) is 15.0 Å². The summed E-state index contributed by atoms with van der Waals surface area (Å²) in [5.41, 5.74) is 3.29. The number of anilines is 2. The fourth-order valence-electron chi connectivity index (χ4n) is 7.89. The zero-order valence-electron chi connectivity index (χ0n) is 29.6. The lowest BCUT2D eigenvalue weighted by Gasteiger charge is -2.32. The smallest absolute Gasteiger partial charge is 0.264 e. The Morgan fingerprint density at radius 2 is 1.69 bits per heavy atom. The summed E-state index contributed by atoms with van der Waals surface area (Å²) < 4.78 is 13.8. The van der Waals surface area contributed by atoms with Gasteiger partial charge in [0.25, 0.3) is 11.8 Å². The van der Waals surface area contributed by atoms with Gasteiger partial charge in [0.05, 0.1) is 31.6 Å². The van der Waals surface area contributed by atoms with E-state index in [2.05, 4.69) is 15.6 Å². The summed E-state index contributed by atoms with van der Waals surface area (Å²) in [5.74, 6) is -0.0165. The number of aryl methyl sites for hydroxylation is 1. The second-order valence-electron chi connectivity index (χ2n) is 14.2. The van der Waals surface area contributed by atoms with E-state index in [1.807, 2.05) is 98.9 Å². The summed E-state index contributed by atoms with van der Waals surface area (Å²) >= 11 is 0. The van der Waals surface area contributed by atoms with Gasteiger partial charge in [0, 0.05) is 34.8 Å². The molecule has 2 aliphatic heterocycles. The number of nitrogens with zero attached hydrogens (tertiary/aromatic N) is 4. The Balaban J connectivity index is 1.09. The van der Waals surface area contributed by atoms with Gasteiger partial charge in [-0.25, -0.2) is 0 Å². The Labute approximate surface area is 304 Å². The zero-order chi connectivity index (χ0) is 36.6. The van der Waals surface area contributed by atoms with Crippen molar-refractivity contribution in [2.24, 2.45) is 5.92 Å². The number of aliphatic hydroxyl groups is 1. The molecule has 2 amide bonds. The highest BCUT2D eigenvalue weighted by Crippen LogP contribution is 2.59. The van der Waals surface area contributed by atoms with E-state index in [4.69, 9.17) is 9.47 Å². The Morgan fingerprint density at radius 1 is 1.00 bits per heavy atom. The van der Waals surface area contributed by atoms with Gasteiger partial charge in [-0.05, 0) is 73.1 Å². The van der Waals surface area contributed by atoms with Gasteiger partial charge in [0.2, 0.25) is 0 Å². The number of benzene rings is 4. The van der Waals surface area contributed by atoms with Crippen LogP contribution in [0.2, 0.25) is 18.6 Å². The molecular formula is C40H43N5O6Si. The van der Waals surface area contributed by atoms with Crippen LogP contribution in [0, 0.1) is 5.92 Å². The molecule has 268 valence electrons. The summed E-state index contributed by atoms with van der Waals surface area (Å²) in [4.78, 5) is 41.0. The van der Waals surface area contributed by atoms with E-state index in [0.717, 1.165) is 22.4 Å². The Hall–Kier alpha value is -5.14. The van der Waals surface area contributed by atoms with Crippen LogP contribution >= 0.6 is 0 Å². The third kappa shape index (κ3) is 6.54. The van der Waals surface area contributed by atoms with Gasteiger partial charge in [-0.2, -0.15) is 0 Å². The summed E-state index contributed by atoms with van der Waals surface area (Å²) in [5, 5.41) is 22.2. The number of para-hydroxylation sites is 1. The third-order valence-corrected chi connectivity index (χ3v) is 12.9. The number of rotatable bonds is 11. The van der Waals surface area contributed by atoms with Crippen molar-refractivity contribution in [3.05, 3.63) is 137 Å². The van der Waals surface area contributed by atoms with Gasteiger partial charge in [-0.3, -0.25) is 14.3 Å². The summed E-state index contributed by atoms with van der Waals surface area (Å²) in [7, 11) is -1.28. The predicted molar refractivity (Wildman–Crippen MR) is 199 cm³/mol. The van der Waals surface area contributed by atoms with Crippen LogP contribution in [-0.4, -0.2) is 58.2 Å². The SMILES string of the molecule is COc1ccc(C(=O)Nc2ccc(CN3C(=O)[C@]4(O[C@H](CCn5cc([C@H](O)c6ccccc6)nn5)[C@@H]([Si](C)(C)O)[C@@H]4C)c4ccccc43)cc2)cc1. The highest BCUT2D eigenvalue weighted by atomic mass is 28.4. The van der Waals surface area contributed by atoms with Crippen molar-refractivity contribution >= 4 is 31.5 Å². The van der Waals surface area contributed by atoms with Crippen molar-refractivity contribution in [2.45, 2.75) is 62.9 Å². The molecular weight excluding hydrogens is 675 g/mol. The number of hydrogen-bond acceptors (Lipinski definition) is 8. The molecule has 3 N–H and O–H groups in total. The highest BCUT2D eigenvalue weighted by molar-refractivity contribution is 6.71. The van der Waals surface area contributed by atoms with Crippen molar-refractivity contribution in [3.8, 4) is 5.75 Å². The van der Waals surface area contributed by atoms with Crippen molar-refractivity contribution < 1.29 is 29.0 Å². The van der Waals surface area contributed by atoms with E-state index in [0.29, 0.717) is 42.2 Å². The maximum atomic E-state index is 14.7. The topological polar surface area (TPSA) is 139 Å². The number of nitrogens with one attached hydrogen (secondary N) is 1. The monoisotopic (exact) mass is 717 g/mol. The first-order valence-corrected chi connectivity index (χ1v) is 20.5. The van der Waals surface area contributed by atoms with E-state index >= 15 is 0 Å². The van der Waals surface area contributed by atoms with Crippen molar-refractivity contribution in [2.75, 3.05) is 17.3 Å². The van der Waals surface area contributed by atoms with E-state index in [-0.39, 0.29) is 23.3 Å². The average Bonchev–Trinajstić information content (AvgIpc) is 3.82. The van der Waals surface area contributed by atoms with Gasteiger partial charge in [0.15, 0.2) is 13.9 Å². The van der Waals surface area contributed by atoms with Gasteiger partial charge >= 0.3 is 0 Å². The minimum Gasteiger partial charge on any atom is -0.497 e. The first-order valence-electron chi connectivity index (χ1n) is 17.5. The number of amides is 2. The molecule has 12 heteroatoms. The molecule has 4 aromatic carbocycles. The maximum absolute atomic E-state index is 14.7. The molecule has 5 aromatic rings. The number of hydrogen-bond donors (Lipinski definition) is 3. The number of carbonyl (C=O) groups excluding carboxylic acids is 2. The van der Waals surface area contributed by atoms with Crippen LogP contribution in [0.15, 0.2) is 109 Å². The number of fused-ring (bicyclic) bond motifs is 2. The van der Waals surface area contributed by atoms with Crippen molar-refractivity contribution in [1.29, 1.82) is 0 Å². The van der Waals surface area contributed by atoms with Crippen LogP contribution in [0.3, 0.4) is 0 Å². The molecule has 7 rings (SSSR count). The van der Waals surface area contributed by atoms with Crippen LogP contribution in [0.4, 0.5) is 11.4 Å². The number of methoxy groups -OCH3 is 1. The van der Waals surface area contributed by atoms with E-state index < -0.39 is 26.1 Å². The minimum atomic E-state index is -2.86. The number of carbonyl (C=O) groups is 2. The van der Waals surface area contributed by atoms with Crippen LogP contribution in [0.25, 0.3) is 0 Å². The zero-order valence-corrected chi connectivity index (χ0v) is 30.6. The molecule has 1 aromatic heterocycles. The standard InChI is InChI=1S/C40H43N5O6Si/c1-26-37(52(3,4)49)35(22-23-44-25-33(42-43-44)36(46)28-10-6-5-7-11-28)51-40(26)32-12-8-9-13-34(32)45(39(40)48)24-27-14-18-30(19-15-27)41-38(47)29-16-20-31(50-2)21-17-29/h5-21,25-26,35-37,46,49H,22-24H2,1-4H3,(H,41,47)/t26-,35+,36+,37-,40+/m0/s1. The molecule has 0 bridgehead atoms. The van der Waals surface area contributed by atoms with Gasteiger partial charge in [-0.15, -0.1) is 5.10 Å². The quantitative estimate of drug-likeness (QED) is 0.140. The Bertz CT molecular complexity index is 2050. The summed E-state index contributed by atoms with van der Waals surface area (Å²) in [6.07, 6.45) is 0.914. The lowest BCUT2D eigenvalue weighted by Crippen LogP contribution is -2.46. The molecule has 52 heavy (non-hydrogen) atoms. The third-order valence-electron chi connectivity index (χ3n) is 10.4. The van der Waals surface area contributed by atoms with E-state index in [1.165, 1.54) is 0 Å². The molecule has 1 spiro atoms. The Kier molecular flexibility index (Phi) is 9.57. The number of ether oxygens (including phenoxy) is 2. The van der Waals surface area contributed by atoms with Gasteiger partial charge in [-0.1, -0.05) is 72.8 Å². The molecule has 0 saturated carbocycles. The normalized spacial score (nSPS) is 21.7. The van der Waals surface area contributed by atoms with Gasteiger partial charge < -0.3 is 29.6 Å². The first-order chi connectivity index (χ1) is 25.0. The second kappa shape index (κ2) is 14.1. The molecule has 1 fully saturated rings. The first kappa shape index (κ1) is 35.3. The summed E-state index contributed by atoms with van der Waals surface area (Å²) in [6, 6.07) is 31.4. The average molecular weight is 718 g/mol. The number of aromatic nitrogens is 3.